The predicted molar refractivity (Wildman–Crippen MR) is 285 cm³/mol. The highest BCUT2D eigenvalue weighted by molar-refractivity contribution is 9.10. The Morgan fingerprint density at radius 3 is 1.94 bits per heavy atom. The van der Waals surface area contributed by atoms with Crippen molar-refractivity contribution in [1.29, 1.82) is 0 Å². The molecule has 0 radical (unpaired) electrons. The van der Waals surface area contributed by atoms with E-state index in [1.807, 2.05) is 59.6 Å². The summed E-state index contributed by atoms with van der Waals surface area (Å²) in [5, 5.41) is 3.63. The van der Waals surface area contributed by atoms with Crippen LogP contribution in [0.2, 0.25) is 5.04 Å². The summed E-state index contributed by atoms with van der Waals surface area (Å²) in [5.41, 5.74) is 8.39. The number of piperazine rings is 1. The summed E-state index contributed by atoms with van der Waals surface area (Å²) in [7, 11) is -1.05. The third-order valence-corrected chi connectivity index (χ3v) is 19.2. The number of fused-ring (bicyclic) bond motifs is 1. The third-order valence-electron chi connectivity index (χ3n) is 13.7. The number of carbonyl (C=O) groups is 1. The molecule has 0 spiro atoms. The Morgan fingerprint density at radius 2 is 1.37 bits per heavy atom. The Morgan fingerprint density at radius 1 is 0.779 bits per heavy atom. The van der Waals surface area contributed by atoms with E-state index >= 15 is 0 Å². The quantitative estimate of drug-likeness (QED) is 0.0899. The normalized spacial score (nSPS) is 14.5. The van der Waals surface area contributed by atoms with Crippen LogP contribution in [0, 0.1) is 5.41 Å². The van der Waals surface area contributed by atoms with Crippen molar-refractivity contribution in [2.45, 2.75) is 85.1 Å². The average molecular weight is 992 g/mol. The van der Waals surface area contributed by atoms with Crippen molar-refractivity contribution in [1.82, 2.24) is 14.5 Å². The van der Waals surface area contributed by atoms with Crippen molar-refractivity contribution in [3.63, 3.8) is 0 Å². The Labute approximate surface area is 413 Å². The van der Waals surface area contributed by atoms with Crippen molar-refractivity contribution >= 4 is 57.3 Å². The smallest absolute Gasteiger partial charge is 0.410 e. The molecule has 1 aliphatic rings. The van der Waals surface area contributed by atoms with Crippen molar-refractivity contribution in [2.75, 3.05) is 44.8 Å². The van der Waals surface area contributed by atoms with Crippen LogP contribution in [-0.2, 0) is 33.3 Å². The van der Waals surface area contributed by atoms with Crippen molar-refractivity contribution in [3.05, 3.63) is 179 Å². The van der Waals surface area contributed by atoms with Gasteiger partial charge in [0, 0.05) is 73.8 Å². The van der Waals surface area contributed by atoms with Gasteiger partial charge in [0.1, 0.15) is 6.10 Å². The first-order valence-electron chi connectivity index (χ1n) is 24.1. The highest BCUT2D eigenvalue weighted by Gasteiger charge is 2.51. The number of nitrogens with zero attached hydrogens (tertiary/aromatic N) is 4. The molecule has 0 N–H and O–H groups in total. The number of pyridine rings is 1. The number of hydrogen-bond donors (Lipinski definition) is 0. The molecule has 7 aromatic rings. The second-order valence-electron chi connectivity index (χ2n) is 20.0. The lowest BCUT2D eigenvalue weighted by Crippen LogP contribution is -2.67. The maximum absolute atomic E-state index is 13.9. The molecule has 0 bridgehead atoms. The van der Waals surface area contributed by atoms with Gasteiger partial charge in [-0.3, -0.25) is 4.98 Å². The van der Waals surface area contributed by atoms with Gasteiger partial charge in [0.05, 0.1) is 29.4 Å². The van der Waals surface area contributed by atoms with Crippen LogP contribution in [0.3, 0.4) is 0 Å². The van der Waals surface area contributed by atoms with Gasteiger partial charge in [-0.05, 0) is 82.1 Å². The lowest BCUT2D eigenvalue weighted by molar-refractivity contribution is 0.0606. The Kier molecular flexibility index (Phi) is 15.1. The third kappa shape index (κ3) is 10.4. The van der Waals surface area contributed by atoms with E-state index in [1.165, 1.54) is 26.8 Å². The average Bonchev–Trinajstić information content (AvgIpc) is 3.65. The number of aromatic nitrogens is 2. The van der Waals surface area contributed by atoms with Crippen LogP contribution < -0.4 is 15.3 Å². The minimum Gasteiger partial charge on any atom is -0.441 e. The number of aryl methyl sites for hydroxylation is 1. The number of hydrogen-bond acceptors (Lipinski definition) is 6. The van der Waals surface area contributed by atoms with Crippen LogP contribution in [0.15, 0.2) is 156 Å². The Balaban J connectivity index is 1.11. The second-order valence-corrected chi connectivity index (χ2v) is 25.2. The molecule has 1 amide bonds. The topological polar surface area (TPSA) is 69.1 Å². The molecular weight excluding hydrogens is 925 g/mol. The molecule has 2 aromatic heterocycles. The molecular formula is C58H67BrN4O4Si. The van der Waals surface area contributed by atoms with Crippen molar-refractivity contribution in [2.24, 2.45) is 5.41 Å². The zero-order chi connectivity index (χ0) is 48.1. The van der Waals surface area contributed by atoms with Gasteiger partial charge in [-0.2, -0.15) is 0 Å². The lowest BCUT2D eigenvalue weighted by Gasteiger charge is -2.44. The molecule has 10 heteroatoms. The maximum atomic E-state index is 13.9. The van der Waals surface area contributed by atoms with Crippen molar-refractivity contribution < 1.29 is 18.7 Å². The highest BCUT2D eigenvalue weighted by Crippen LogP contribution is 2.44. The summed E-state index contributed by atoms with van der Waals surface area (Å²) in [5.74, 6) is 0. The molecule has 2 atom stereocenters. The summed E-state index contributed by atoms with van der Waals surface area (Å²) in [6.07, 6.45) is 2.41. The largest absolute Gasteiger partial charge is 0.441 e. The summed E-state index contributed by atoms with van der Waals surface area (Å²) in [6.45, 7) is 19.7. The molecule has 5 aromatic carbocycles. The Bertz CT molecular complexity index is 2730. The number of carbonyl (C=O) groups excluding carboxylic acids is 1. The fraction of sp³-hybridized carbons (Fsp3) is 0.345. The van der Waals surface area contributed by atoms with Gasteiger partial charge in [0.25, 0.3) is 8.32 Å². The molecule has 8 nitrogen and oxygen atoms in total. The molecule has 68 heavy (non-hydrogen) atoms. The predicted octanol–water partition coefficient (Wildman–Crippen LogP) is 12.6. The number of rotatable bonds is 16. The van der Waals surface area contributed by atoms with E-state index in [2.05, 4.69) is 171 Å². The van der Waals surface area contributed by atoms with Gasteiger partial charge >= 0.3 is 6.09 Å². The second kappa shape index (κ2) is 21.0. The summed E-state index contributed by atoms with van der Waals surface area (Å²) < 4.78 is 23.5. The van der Waals surface area contributed by atoms with E-state index in [4.69, 9.17) is 18.9 Å². The highest BCUT2D eigenvalue weighted by atomic mass is 79.9. The zero-order valence-corrected chi connectivity index (χ0v) is 43.6. The summed E-state index contributed by atoms with van der Waals surface area (Å²) >= 11 is 3.85. The van der Waals surface area contributed by atoms with Gasteiger partial charge in [0.2, 0.25) is 0 Å². The van der Waals surface area contributed by atoms with Gasteiger partial charge < -0.3 is 28.3 Å². The number of methoxy groups -OCH3 is 1. The van der Waals surface area contributed by atoms with E-state index in [0.29, 0.717) is 39.2 Å². The van der Waals surface area contributed by atoms with Crippen LogP contribution in [0.4, 0.5) is 10.5 Å². The van der Waals surface area contributed by atoms with Gasteiger partial charge in [-0.25, -0.2) is 4.79 Å². The summed E-state index contributed by atoms with van der Waals surface area (Å²) in [4.78, 5) is 23.3. The van der Waals surface area contributed by atoms with Crippen LogP contribution in [0.25, 0.3) is 22.2 Å². The first-order valence-corrected chi connectivity index (χ1v) is 26.8. The van der Waals surface area contributed by atoms with Crippen LogP contribution in [-0.4, -0.2) is 68.8 Å². The van der Waals surface area contributed by atoms with Crippen molar-refractivity contribution in [3.8, 4) is 11.3 Å². The minimum absolute atomic E-state index is 0.143. The van der Waals surface area contributed by atoms with Gasteiger partial charge in [-0.1, -0.05) is 172 Å². The van der Waals surface area contributed by atoms with Gasteiger partial charge in [0.15, 0.2) is 0 Å². The molecule has 0 saturated carbocycles. The van der Waals surface area contributed by atoms with Crippen LogP contribution in [0.5, 0.6) is 0 Å². The number of anilines is 1. The first kappa shape index (κ1) is 48.9. The van der Waals surface area contributed by atoms with E-state index in [-0.39, 0.29) is 22.7 Å². The minimum atomic E-state index is -2.80. The number of amides is 1. The SMILES string of the molecule is CCn1c(-c2cc(N3CCN(C(=O)OC(Cc4ccccc4)c4ccccc4)CC3)cnc2C(C)OC)c(CC(C)(C)CO[Si](c2ccccc2)(c2ccccc2)C(C)(C)C)c2cc(Br)ccc21. The number of ether oxygens (including phenoxy) is 2. The number of benzene rings is 5. The van der Waals surface area contributed by atoms with Crippen LogP contribution >= 0.6 is 15.9 Å². The molecule has 354 valence electrons. The molecule has 3 heterocycles. The Hall–Kier alpha value is -5.52. The molecule has 1 aliphatic heterocycles. The van der Waals surface area contributed by atoms with E-state index in [1.54, 1.807) is 7.11 Å². The van der Waals surface area contributed by atoms with E-state index < -0.39 is 14.4 Å². The standard InChI is InChI=1S/C58H67BrN4O4Si/c1-9-63-52-31-30-45(59)37-49(52)51(39-58(6,7)41-66-68(57(3,4)5,47-26-18-12-19-27-47)48-28-20-13-21-29-48)55(63)50-38-46(40-60-54(50)42(2)65-8)61-32-34-62(35-33-61)56(64)67-53(44-24-16-11-17-25-44)36-43-22-14-10-15-23-43/h10-31,37-38,40,42,53H,9,32-36,39,41H2,1-8H3. The lowest BCUT2D eigenvalue weighted by atomic mass is 9.84. The van der Waals surface area contributed by atoms with E-state index in [0.717, 1.165) is 51.2 Å². The summed E-state index contributed by atoms with van der Waals surface area (Å²) in [6, 6.07) is 51.1. The molecule has 0 aliphatic carbocycles. The van der Waals surface area contributed by atoms with Crippen LogP contribution in [0.1, 0.15) is 83.1 Å². The molecule has 8 rings (SSSR count). The van der Waals surface area contributed by atoms with E-state index in [9.17, 15) is 4.79 Å². The molecule has 1 saturated heterocycles. The molecule has 2 unspecified atom stereocenters. The number of halogens is 1. The first-order chi connectivity index (χ1) is 32.7. The fourth-order valence-corrected chi connectivity index (χ4v) is 15.3. The zero-order valence-electron chi connectivity index (χ0n) is 41.0. The maximum Gasteiger partial charge on any atom is 0.410 e. The van der Waals surface area contributed by atoms with Gasteiger partial charge in [-0.15, -0.1) is 0 Å². The molecule has 1 fully saturated rings. The monoisotopic (exact) mass is 990 g/mol. The fourth-order valence-electron chi connectivity index (χ4n) is 10.1.